The Hall–Kier alpha value is -6.58. The van der Waals surface area contributed by atoms with Gasteiger partial charge in [-0.1, -0.05) is 122 Å². The Labute approximate surface area is 290 Å². The Morgan fingerprint density at radius 1 is 0.520 bits per heavy atom. The van der Waals surface area contributed by atoms with Crippen molar-refractivity contribution in [1.29, 1.82) is 0 Å². The fourth-order valence-electron chi connectivity index (χ4n) is 7.11. The van der Waals surface area contributed by atoms with E-state index < -0.39 is 0 Å². The molecule has 0 saturated carbocycles. The number of nitrogens with zero attached hydrogens (tertiary/aromatic N) is 1. The highest BCUT2D eigenvalue weighted by Gasteiger charge is 2.15. The van der Waals surface area contributed by atoms with Crippen LogP contribution in [0.25, 0.3) is 71.3 Å². The number of hydrogen-bond acceptors (Lipinski definition) is 3. The highest BCUT2D eigenvalue weighted by Crippen LogP contribution is 2.37. The number of anilines is 2. The standard InChI is InChI=1S/C47H33NO2/c1-3-32(39-15-10-16-42-40-13-6-9-18-45(40)50-47(39)42)20-19-31(2)48(38-27-23-33-11-4-5-12-35(33)29-38)37-25-21-34(22-26-37)36-24-28-46-43(30-36)41-14-7-8-17-44(41)49-46/h3-30H,1H2,2H3/b31-19+,32-20+. The Morgan fingerprint density at radius 3 is 1.96 bits per heavy atom. The van der Waals surface area contributed by atoms with Gasteiger partial charge in [0.2, 0.25) is 0 Å². The van der Waals surface area contributed by atoms with Crippen LogP contribution in [0.5, 0.6) is 0 Å². The molecule has 0 fully saturated rings. The average Bonchev–Trinajstić information content (AvgIpc) is 3.74. The fraction of sp³-hybridized carbons (Fsp3) is 0.0213. The first-order valence-electron chi connectivity index (χ1n) is 16.9. The second kappa shape index (κ2) is 12.1. The topological polar surface area (TPSA) is 29.5 Å². The summed E-state index contributed by atoms with van der Waals surface area (Å²) < 4.78 is 12.4. The zero-order valence-corrected chi connectivity index (χ0v) is 27.6. The minimum absolute atomic E-state index is 0.870. The summed E-state index contributed by atoms with van der Waals surface area (Å²) in [7, 11) is 0. The van der Waals surface area contributed by atoms with E-state index in [0.717, 1.165) is 83.2 Å². The zero-order valence-electron chi connectivity index (χ0n) is 27.6. The first-order valence-corrected chi connectivity index (χ1v) is 16.9. The summed E-state index contributed by atoms with van der Waals surface area (Å²) in [4.78, 5) is 2.31. The van der Waals surface area contributed by atoms with Crippen LogP contribution in [0.4, 0.5) is 11.4 Å². The molecule has 0 N–H and O–H groups in total. The number of furan rings is 2. The molecule has 0 atom stereocenters. The molecule has 0 spiro atoms. The number of allylic oxidation sites excluding steroid dienone is 5. The van der Waals surface area contributed by atoms with Gasteiger partial charge >= 0.3 is 0 Å². The lowest BCUT2D eigenvalue weighted by Gasteiger charge is -2.26. The number of fused-ring (bicyclic) bond motifs is 7. The van der Waals surface area contributed by atoms with Crippen molar-refractivity contribution < 1.29 is 8.83 Å². The summed E-state index contributed by atoms with van der Waals surface area (Å²) in [5.74, 6) is 0. The van der Waals surface area contributed by atoms with Crippen LogP contribution < -0.4 is 4.90 Å². The molecule has 0 aliphatic rings. The summed E-state index contributed by atoms with van der Waals surface area (Å²) in [6.45, 7) is 6.34. The molecule has 2 aromatic heterocycles. The van der Waals surface area contributed by atoms with Crippen molar-refractivity contribution in [2.24, 2.45) is 0 Å². The lowest BCUT2D eigenvalue weighted by Crippen LogP contribution is -2.14. The van der Waals surface area contributed by atoms with E-state index in [2.05, 4.69) is 152 Å². The lowest BCUT2D eigenvalue weighted by molar-refractivity contribution is 0.667. The van der Waals surface area contributed by atoms with Crippen LogP contribution in [0.2, 0.25) is 0 Å². The van der Waals surface area contributed by atoms with Crippen LogP contribution in [0.15, 0.2) is 191 Å². The van der Waals surface area contributed by atoms with Gasteiger partial charge in [0.1, 0.15) is 22.3 Å². The average molecular weight is 644 g/mol. The molecule has 0 amide bonds. The molecule has 50 heavy (non-hydrogen) atoms. The molecule has 0 saturated heterocycles. The molecule has 3 nitrogen and oxygen atoms in total. The van der Waals surface area contributed by atoms with E-state index in [0.29, 0.717) is 0 Å². The molecule has 238 valence electrons. The van der Waals surface area contributed by atoms with Gasteiger partial charge in [0.25, 0.3) is 0 Å². The number of hydrogen-bond donors (Lipinski definition) is 0. The van der Waals surface area contributed by atoms with Crippen molar-refractivity contribution in [2.45, 2.75) is 6.92 Å². The smallest absolute Gasteiger partial charge is 0.143 e. The fourth-order valence-corrected chi connectivity index (χ4v) is 7.11. The molecule has 0 radical (unpaired) electrons. The Kier molecular flexibility index (Phi) is 7.18. The molecular weight excluding hydrogens is 611 g/mol. The molecule has 9 aromatic rings. The third-order valence-electron chi connectivity index (χ3n) is 9.62. The van der Waals surface area contributed by atoms with Gasteiger partial charge in [0.15, 0.2) is 0 Å². The van der Waals surface area contributed by atoms with Crippen LogP contribution in [-0.4, -0.2) is 0 Å². The maximum atomic E-state index is 6.36. The van der Waals surface area contributed by atoms with E-state index in [1.54, 1.807) is 0 Å². The molecule has 7 aromatic carbocycles. The third-order valence-corrected chi connectivity index (χ3v) is 9.62. The van der Waals surface area contributed by atoms with Gasteiger partial charge in [-0.05, 0) is 89.0 Å². The number of para-hydroxylation sites is 3. The summed E-state index contributed by atoms with van der Waals surface area (Å²) in [5, 5.41) is 6.88. The number of rotatable bonds is 7. The minimum atomic E-state index is 0.870. The van der Waals surface area contributed by atoms with Gasteiger partial charge < -0.3 is 13.7 Å². The third kappa shape index (κ3) is 5.08. The van der Waals surface area contributed by atoms with Gasteiger partial charge in [-0.3, -0.25) is 0 Å². The van der Waals surface area contributed by atoms with Crippen molar-refractivity contribution in [2.75, 3.05) is 4.90 Å². The monoisotopic (exact) mass is 643 g/mol. The van der Waals surface area contributed by atoms with Gasteiger partial charge in [-0.25, -0.2) is 0 Å². The van der Waals surface area contributed by atoms with E-state index in [1.165, 1.54) is 10.8 Å². The zero-order chi connectivity index (χ0) is 33.6. The normalized spacial score (nSPS) is 12.4. The summed E-state index contributed by atoms with van der Waals surface area (Å²) in [5.41, 5.74) is 11.1. The molecule has 3 heteroatoms. The molecule has 9 rings (SSSR count). The van der Waals surface area contributed by atoms with Crippen LogP contribution in [0, 0.1) is 0 Å². The predicted molar refractivity (Wildman–Crippen MR) is 211 cm³/mol. The van der Waals surface area contributed by atoms with E-state index in [9.17, 15) is 0 Å². The second-order valence-corrected chi connectivity index (χ2v) is 12.6. The largest absolute Gasteiger partial charge is 0.456 e. The van der Waals surface area contributed by atoms with Gasteiger partial charge in [0, 0.05) is 44.2 Å². The van der Waals surface area contributed by atoms with Crippen LogP contribution >= 0.6 is 0 Å². The van der Waals surface area contributed by atoms with Crippen molar-refractivity contribution in [3.05, 3.63) is 188 Å². The Balaban J connectivity index is 1.12. The lowest BCUT2D eigenvalue weighted by atomic mass is 10.0. The van der Waals surface area contributed by atoms with Crippen LogP contribution in [-0.2, 0) is 0 Å². The maximum absolute atomic E-state index is 6.36. The van der Waals surface area contributed by atoms with Crippen LogP contribution in [0.1, 0.15) is 12.5 Å². The first-order chi connectivity index (χ1) is 24.6. The van der Waals surface area contributed by atoms with Crippen molar-refractivity contribution in [3.8, 4) is 11.1 Å². The van der Waals surface area contributed by atoms with Gasteiger partial charge in [-0.15, -0.1) is 0 Å². The summed E-state index contributed by atoms with van der Waals surface area (Å²) in [6.07, 6.45) is 6.21. The van der Waals surface area contributed by atoms with Gasteiger partial charge in [0.05, 0.1) is 0 Å². The number of benzene rings is 7. The molecule has 0 aliphatic carbocycles. The molecule has 2 heterocycles. The highest BCUT2D eigenvalue weighted by atomic mass is 16.3. The summed E-state index contributed by atoms with van der Waals surface area (Å²) >= 11 is 0. The Morgan fingerprint density at radius 2 is 1.16 bits per heavy atom. The van der Waals surface area contributed by atoms with Crippen molar-refractivity contribution in [3.63, 3.8) is 0 Å². The molecule has 0 unspecified atom stereocenters. The predicted octanol–water partition coefficient (Wildman–Crippen LogP) is 13.6. The van der Waals surface area contributed by atoms with Crippen molar-refractivity contribution >= 4 is 71.6 Å². The molecule has 0 bridgehead atoms. The van der Waals surface area contributed by atoms with E-state index >= 15 is 0 Å². The molecule has 0 aliphatic heterocycles. The van der Waals surface area contributed by atoms with Crippen LogP contribution in [0.3, 0.4) is 0 Å². The highest BCUT2D eigenvalue weighted by molar-refractivity contribution is 6.09. The SMILES string of the molecule is C=C/C(=C\C=C(/C)N(c1ccc(-c2ccc3oc4ccccc4c3c2)cc1)c1ccc2ccccc2c1)c1cccc2c1oc1ccccc12. The maximum Gasteiger partial charge on any atom is 0.143 e. The summed E-state index contributed by atoms with van der Waals surface area (Å²) in [6, 6.07) is 53.1. The minimum Gasteiger partial charge on any atom is -0.456 e. The van der Waals surface area contributed by atoms with E-state index in [1.807, 2.05) is 36.4 Å². The van der Waals surface area contributed by atoms with Gasteiger partial charge in [-0.2, -0.15) is 0 Å². The quantitative estimate of drug-likeness (QED) is 0.162. The van der Waals surface area contributed by atoms with Crippen molar-refractivity contribution in [1.82, 2.24) is 0 Å². The van der Waals surface area contributed by atoms with E-state index in [-0.39, 0.29) is 0 Å². The first kappa shape index (κ1) is 29.6. The molecular formula is C47H33NO2. The Bertz CT molecular complexity index is 2790. The van der Waals surface area contributed by atoms with E-state index in [4.69, 9.17) is 8.83 Å². The second-order valence-electron chi connectivity index (χ2n) is 12.6.